The molecule has 1 aliphatic carbocycles. The average molecular weight is 370 g/mol. The Morgan fingerprint density at radius 3 is 2.58 bits per heavy atom. The molecule has 0 unspecified atom stereocenters. The molecule has 3 aliphatic heterocycles. The number of amides is 1. The van der Waals surface area contributed by atoms with Gasteiger partial charge in [0.25, 0.3) is 5.91 Å². The number of rotatable bonds is 3. The predicted molar refractivity (Wildman–Crippen MR) is 89.5 cm³/mol. The minimum atomic E-state index is -4.53. The Morgan fingerprint density at radius 2 is 1.96 bits per heavy atom. The van der Waals surface area contributed by atoms with Crippen LogP contribution in [0.1, 0.15) is 48.3 Å². The lowest BCUT2D eigenvalue weighted by Gasteiger charge is -2.40. The molecule has 1 saturated carbocycles. The number of hydrogen-bond donors (Lipinski definition) is 0. The topological polar surface area (TPSA) is 41.4 Å². The molecule has 0 spiro atoms. The minimum absolute atomic E-state index is 0.0177. The third-order valence-electron chi connectivity index (χ3n) is 6.22. The molecule has 0 aromatic carbocycles. The van der Waals surface area contributed by atoms with E-state index >= 15 is 0 Å². The van der Waals surface area contributed by atoms with E-state index in [9.17, 15) is 18.0 Å². The Hall–Kier alpha value is -1.57. The number of aryl methyl sites for hydroxylation is 1. The standard InChI is InChI=1S/C18H25F3N4O/c1-23-15(7-16(22-23)18(19,20)21)17(26)25-10-13-5-6-14(11-25)24(9-13)8-12-3-2-4-12/h7,12-14H,2-6,8-11H2,1H3/t13-,14-/m1/s1. The van der Waals surface area contributed by atoms with Crippen molar-refractivity contribution >= 4 is 5.91 Å². The lowest BCUT2D eigenvalue weighted by molar-refractivity contribution is -0.141. The first-order valence-corrected chi connectivity index (χ1v) is 9.46. The molecule has 2 atom stereocenters. The van der Waals surface area contributed by atoms with E-state index in [2.05, 4.69) is 10.00 Å². The molecular weight excluding hydrogens is 345 g/mol. The average Bonchev–Trinajstić information content (AvgIpc) is 2.73. The number of alkyl halides is 3. The van der Waals surface area contributed by atoms with E-state index in [0.29, 0.717) is 25.0 Å². The molecule has 8 heteroatoms. The summed E-state index contributed by atoms with van der Waals surface area (Å²) >= 11 is 0. The number of halogens is 3. The zero-order valence-corrected chi connectivity index (χ0v) is 15.0. The highest BCUT2D eigenvalue weighted by molar-refractivity contribution is 5.92. The normalized spacial score (nSPS) is 27.5. The second-order valence-electron chi connectivity index (χ2n) is 8.09. The zero-order chi connectivity index (χ0) is 18.5. The molecule has 1 aromatic heterocycles. The van der Waals surface area contributed by atoms with Crippen LogP contribution in [-0.2, 0) is 13.2 Å². The fourth-order valence-electron chi connectivity index (χ4n) is 4.54. The third-order valence-corrected chi connectivity index (χ3v) is 6.22. The van der Waals surface area contributed by atoms with Gasteiger partial charge in [0.15, 0.2) is 5.69 Å². The number of carbonyl (C=O) groups excluding carboxylic acids is 1. The second kappa shape index (κ2) is 6.55. The number of fused-ring (bicyclic) bond motifs is 4. The fourth-order valence-corrected chi connectivity index (χ4v) is 4.54. The Labute approximate surface area is 151 Å². The van der Waals surface area contributed by atoms with Gasteiger partial charge in [-0.1, -0.05) is 6.42 Å². The Kier molecular flexibility index (Phi) is 4.49. The summed E-state index contributed by atoms with van der Waals surface area (Å²) in [6, 6.07) is 1.20. The monoisotopic (exact) mass is 370 g/mol. The van der Waals surface area contributed by atoms with Gasteiger partial charge < -0.3 is 4.90 Å². The summed E-state index contributed by atoms with van der Waals surface area (Å²) in [5.74, 6) is 0.857. The summed E-state index contributed by atoms with van der Waals surface area (Å²) in [6.45, 7) is 3.34. The lowest BCUT2D eigenvalue weighted by Crippen LogP contribution is -2.47. The summed E-state index contributed by atoms with van der Waals surface area (Å²) in [6.07, 6.45) is 1.54. The molecule has 1 aromatic rings. The van der Waals surface area contributed by atoms with Crippen molar-refractivity contribution in [2.45, 2.75) is 44.3 Å². The smallest absolute Gasteiger partial charge is 0.335 e. The maximum Gasteiger partial charge on any atom is 0.435 e. The first-order valence-electron chi connectivity index (χ1n) is 9.46. The molecule has 2 bridgehead atoms. The molecule has 0 radical (unpaired) electrons. The van der Waals surface area contributed by atoms with Crippen LogP contribution >= 0.6 is 0 Å². The maximum atomic E-state index is 12.9. The van der Waals surface area contributed by atoms with E-state index in [1.165, 1.54) is 26.3 Å². The van der Waals surface area contributed by atoms with E-state index in [0.717, 1.165) is 42.6 Å². The van der Waals surface area contributed by atoms with Crippen LogP contribution in [0, 0.1) is 11.8 Å². The van der Waals surface area contributed by atoms with E-state index < -0.39 is 11.9 Å². The number of piperidine rings is 1. The highest BCUT2D eigenvalue weighted by Gasteiger charge is 2.40. The van der Waals surface area contributed by atoms with Gasteiger partial charge >= 0.3 is 6.18 Å². The van der Waals surface area contributed by atoms with Gasteiger partial charge in [-0.25, -0.2) is 0 Å². The number of nitrogens with zero attached hydrogens (tertiary/aromatic N) is 4. The first kappa shape index (κ1) is 17.8. The van der Waals surface area contributed by atoms with Crippen LogP contribution in [0.3, 0.4) is 0 Å². The molecule has 4 heterocycles. The molecule has 144 valence electrons. The van der Waals surface area contributed by atoms with Gasteiger partial charge in [-0.15, -0.1) is 0 Å². The van der Waals surface area contributed by atoms with Crippen LogP contribution in [0.4, 0.5) is 13.2 Å². The number of hydrogen-bond acceptors (Lipinski definition) is 3. The van der Waals surface area contributed by atoms with Gasteiger partial charge in [-0.05, 0) is 37.5 Å². The highest BCUT2D eigenvalue weighted by atomic mass is 19.4. The number of aromatic nitrogens is 2. The Balaban J connectivity index is 1.50. The van der Waals surface area contributed by atoms with Gasteiger partial charge in [-0.3, -0.25) is 14.4 Å². The molecule has 26 heavy (non-hydrogen) atoms. The van der Waals surface area contributed by atoms with Gasteiger partial charge in [0.2, 0.25) is 0 Å². The van der Waals surface area contributed by atoms with Crippen LogP contribution in [0.15, 0.2) is 6.07 Å². The summed E-state index contributed by atoms with van der Waals surface area (Å²) in [5.41, 5.74) is -0.989. The molecule has 4 aliphatic rings. The van der Waals surface area contributed by atoms with Crippen molar-refractivity contribution in [2.75, 3.05) is 26.2 Å². The van der Waals surface area contributed by atoms with E-state index in [-0.39, 0.29) is 11.6 Å². The molecular formula is C18H25F3N4O. The first-order chi connectivity index (χ1) is 12.3. The van der Waals surface area contributed by atoms with Gasteiger partial charge in [0, 0.05) is 45.3 Å². The summed E-state index contributed by atoms with van der Waals surface area (Å²) in [4.78, 5) is 17.2. The van der Waals surface area contributed by atoms with Crippen LogP contribution in [-0.4, -0.2) is 57.7 Å². The van der Waals surface area contributed by atoms with Crippen molar-refractivity contribution in [3.63, 3.8) is 0 Å². The van der Waals surface area contributed by atoms with Gasteiger partial charge in [0.05, 0.1) is 0 Å². The van der Waals surface area contributed by atoms with Crippen molar-refractivity contribution in [2.24, 2.45) is 18.9 Å². The van der Waals surface area contributed by atoms with Crippen LogP contribution in [0.5, 0.6) is 0 Å². The van der Waals surface area contributed by atoms with Crippen molar-refractivity contribution < 1.29 is 18.0 Å². The summed E-state index contributed by atoms with van der Waals surface area (Å²) < 4.78 is 39.7. The molecule has 1 amide bonds. The van der Waals surface area contributed by atoms with Crippen molar-refractivity contribution in [1.29, 1.82) is 0 Å². The van der Waals surface area contributed by atoms with Crippen LogP contribution < -0.4 is 0 Å². The molecule has 0 N–H and O–H groups in total. The second-order valence-corrected chi connectivity index (χ2v) is 8.09. The minimum Gasteiger partial charge on any atom is -0.335 e. The summed E-state index contributed by atoms with van der Waals surface area (Å²) in [5, 5.41) is 3.48. The van der Waals surface area contributed by atoms with E-state index in [1.54, 1.807) is 4.90 Å². The molecule has 5 nitrogen and oxygen atoms in total. The predicted octanol–water partition coefficient (Wildman–Crippen LogP) is 2.78. The van der Waals surface area contributed by atoms with Gasteiger partial charge in [0.1, 0.15) is 5.69 Å². The van der Waals surface area contributed by atoms with Crippen LogP contribution in [0.2, 0.25) is 0 Å². The molecule has 3 saturated heterocycles. The van der Waals surface area contributed by atoms with Crippen molar-refractivity contribution in [3.8, 4) is 0 Å². The maximum absolute atomic E-state index is 12.9. The quantitative estimate of drug-likeness (QED) is 0.822. The molecule has 4 fully saturated rings. The number of carbonyl (C=O) groups is 1. The van der Waals surface area contributed by atoms with Crippen molar-refractivity contribution in [1.82, 2.24) is 19.6 Å². The van der Waals surface area contributed by atoms with Crippen molar-refractivity contribution in [3.05, 3.63) is 17.5 Å². The molecule has 5 rings (SSSR count). The van der Waals surface area contributed by atoms with Crippen LogP contribution in [0.25, 0.3) is 0 Å². The Morgan fingerprint density at radius 1 is 1.19 bits per heavy atom. The fraction of sp³-hybridized carbons (Fsp3) is 0.778. The largest absolute Gasteiger partial charge is 0.435 e. The van der Waals surface area contributed by atoms with E-state index in [4.69, 9.17) is 0 Å². The zero-order valence-electron chi connectivity index (χ0n) is 15.0. The SMILES string of the molecule is Cn1nc(C(F)(F)F)cc1C(=O)N1C[C@@H]2CC[C@H](C1)N(CC1CCC1)C2. The lowest BCUT2D eigenvalue weighted by atomic mass is 9.83. The Bertz CT molecular complexity index is 682. The van der Waals surface area contributed by atoms with E-state index in [1.807, 2.05) is 0 Å². The highest BCUT2D eigenvalue weighted by Crippen LogP contribution is 2.34. The third kappa shape index (κ3) is 3.35. The van der Waals surface area contributed by atoms with Gasteiger partial charge in [-0.2, -0.15) is 18.3 Å². The summed E-state index contributed by atoms with van der Waals surface area (Å²) in [7, 11) is 1.40.